The van der Waals surface area contributed by atoms with E-state index in [1.807, 2.05) is 78.9 Å². The Balaban J connectivity index is 1.63. The monoisotopic (exact) mass is 507 g/mol. The number of benzene rings is 3. The average Bonchev–Trinajstić information content (AvgIpc) is 3.12. The molecule has 1 aliphatic rings. The molecule has 4 rings (SSSR count). The molecular formula is C27H22ClNO3S2. The van der Waals surface area contributed by atoms with Crippen LogP contribution in [0.2, 0.25) is 5.02 Å². The van der Waals surface area contributed by atoms with Crippen molar-refractivity contribution in [3.63, 3.8) is 0 Å². The van der Waals surface area contributed by atoms with Crippen LogP contribution >= 0.6 is 35.6 Å². The van der Waals surface area contributed by atoms with E-state index in [1.54, 1.807) is 12.0 Å². The van der Waals surface area contributed by atoms with Gasteiger partial charge in [0.15, 0.2) is 15.8 Å². The van der Waals surface area contributed by atoms with E-state index in [2.05, 4.69) is 6.58 Å². The number of methoxy groups -OCH3 is 1. The second-order valence-electron chi connectivity index (χ2n) is 7.47. The fourth-order valence-electron chi connectivity index (χ4n) is 3.54. The predicted molar refractivity (Wildman–Crippen MR) is 145 cm³/mol. The van der Waals surface area contributed by atoms with E-state index in [1.165, 1.54) is 11.8 Å². The molecule has 3 aromatic rings. The Labute approximate surface area is 213 Å². The Morgan fingerprint density at radius 2 is 1.85 bits per heavy atom. The first-order chi connectivity index (χ1) is 16.5. The summed E-state index contributed by atoms with van der Waals surface area (Å²) in [7, 11) is 1.60. The van der Waals surface area contributed by atoms with Crippen molar-refractivity contribution in [2.24, 2.45) is 0 Å². The largest absolute Gasteiger partial charge is 0.493 e. The maximum absolute atomic E-state index is 13.1. The molecule has 0 bridgehead atoms. The van der Waals surface area contributed by atoms with Crippen molar-refractivity contribution in [2.45, 2.75) is 13.0 Å². The molecule has 1 aliphatic heterocycles. The van der Waals surface area contributed by atoms with Crippen LogP contribution in [0.4, 0.5) is 5.69 Å². The van der Waals surface area contributed by atoms with Gasteiger partial charge in [-0.05, 0) is 60.0 Å². The number of carbonyl (C=O) groups is 1. The van der Waals surface area contributed by atoms with Gasteiger partial charge in [-0.2, -0.15) is 0 Å². The molecular weight excluding hydrogens is 486 g/mol. The van der Waals surface area contributed by atoms with Crippen LogP contribution in [0, 0.1) is 0 Å². The Bertz CT molecular complexity index is 1260. The molecule has 0 spiro atoms. The van der Waals surface area contributed by atoms with E-state index in [9.17, 15) is 4.79 Å². The lowest BCUT2D eigenvalue weighted by molar-refractivity contribution is -0.113. The number of halogens is 1. The molecule has 1 fully saturated rings. The van der Waals surface area contributed by atoms with E-state index in [0.717, 1.165) is 22.4 Å². The Morgan fingerprint density at radius 1 is 1.12 bits per heavy atom. The molecule has 1 heterocycles. The number of thiocarbonyl (C=S) groups is 1. The maximum Gasteiger partial charge on any atom is 0.270 e. The van der Waals surface area contributed by atoms with Crippen LogP contribution in [0.1, 0.15) is 16.7 Å². The van der Waals surface area contributed by atoms with Gasteiger partial charge in [0.1, 0.15) is 6.61 Å². The number of para-hydroxylation sites is 1. The Kier molecular flexibility index (Phi) is 7.73. The topological polar surface area (TPSA) is 38.8 Å². The lowest BCUT2D eigenvalue weighted by Gasteiger charge is -2.16. The van der Waals surface area contributed by atoms with Crippen molar-refractivity contribution in [3.8, 4) is 11.5 Å². The molecule has 3 aromatic carbocycles. The van der Waals surface area contributed by atoms with Crippen LogP contribution in [0.15, 0.2) is 84.3 Å². The SMILES string of the molecule is C=CCc1cc(/C=C2/SC(=S)N(c3ccccc3)C2=O)cc(OC)c1OCc1ccc(Cl)cc1. The lowest BCUT2D eigenvalue weighted by atomic mass is 10.0. The molecule has 7 heteroatoms. The standard InChI is InChI=1S/C27H22ClNO3S2/c1-3-7-20-14-19(15-23(31-2)25(20)32-17-18-10-12-21(28)13-11-18)16-24-26(30)29(27(33)34-24)22-8-5-4-6-9-22/h3-6,8-16H,1,7,17H2,2H3/b24-16+. The second-order valence-corrected chi connectivity index (χ2v) is 9.58. The van der Waals surface area contributed by atoms with Crippen LogP contribution in [0.3, 0.4) is 0 Å². The average molecular weight is 508 g/mol. The summed E-state index contributed by atoms with van der Waals surface area (Å²) in [6.45, 7) is 4.24. The molecule has 0 N–H and O–H groups in total. The molecule has 0 atom stereocenters. The molecule has 34 heavy (non-hydrogen) atoms. The third kappa shape index (κ3) is 5.36. The zero-order valence-corrected chi connectivity index (χ0v) is 20.9. The van der Waals surface area contributed by atoms with Gasteiger partial charge < -0.3 is 9.47 Å². The Hall–Kier alpha value is -3.06. The normalized spacial score (nSPS) is 14.5. The van der Waals surface area contributed by atoms with Crippen LogP contribution in [0.25, 0.3) is 6.08 Å². The number of carbonyl (C=O) groups excluding carboxylic acids is 1. The molecule has 0 unspecified atom stereocenters. The minimum absolute atomic E-state index is 0.145. The smallest absolute Gasteiger partial charge is 0.270 e. The van der Waals surface area contributed by atoms with Crippen molar-refractivity contribution >= 4 is 57.6 Å². The quantitative estimate of drug-likeness (QED) is 0.185. The van der Waals surface area contributed by atoms with Gasteiger partial charge in [-0.15, -0.1) is 6.58 Å². The van der Waals surface area contributed by atoms with Gasteiger partial charge in [0.05, 0.1) is 17.7 Å². The number of ether oxygens (including phenoxy) is 2. The van der Waals surface area contributed by atoms with Gasteiger partial charge in [0.2, 0.25) is 0 Å². The molecule has 172 valence electrons. The minimum Gasteiger partial charge on any atom is -0.493 e. The summed E-state index contributed by atoms with van der Waals surface area (Å²) >= 11 is 12.7. The van der Waals surface area contributed by atoms with Gasteiger partial charge >= 0.3 is 0 Å². The zero-order chi connectivity index (χ0) is 24.1. The highest BCUT2D eigenvalue weighted by atomic mass is 35.5. The van der Waals surface area contributed by atoms with Gasteiger partial charge in [0.25, 0.3) is 5.91 Å². The summed E-state index contributed by atoms with van der Waals surface area (Å²) in [5.74, 6) is 1.08. The summed E-state index contributed by atoms with van der Waals surface area (Å²) in [5.41, 5.74) is 3.48. The second kappa shape index (κ2) is 10.9. The van der Waals surface area contributed by atoms with Crippen LogP contribution in [0.5, 0.6) is 11.5 Å². The van der Waals surface area contributed by atoms with Crippen molar-refractivity contribution < 1.29 is 14.3 Å². The highest BCUT2D eigenvalue weighted by Gasteiger charge is 2.33. The molecule has 4 nitrogen and oxygen atoms in total. The number of thioether (sulfide) groups is 1. The zero-order valence-electron chi connectivity index (χ0n) is 18.5. The number of rotatable bonds is 8. The summed E-state index contributed by atoms with van der Waals surface area (Å²) < 4.78 is 12.3. The highest BCUT2D eigenvalue weighted by molar-refractivity contribution is 8.27. The van der Waals surface area contributed by atoms with Gasteiger partial charge in [-0.3, -0.25) is 9.69 Å². The minimum atomic E-state index is -0.145. The van der Waals surface area contributed by atoms with Crippen molar-refractivity contribution in [2.75, 3.05) is 12.0 Å². The summed E-state index contributed by atoms with van der Waals surface area (Å²) in [6, 6.07) is 20.7. The number of anilines is 1. The van der Waals surface area contributed by atoms with E-state index in [-0.39, 0.29) is 5.91 Å². The molecule has 0 aromatic heterocycles. The van der Waals surface area contributed by atoms with Crippen LogP contribution < -0.4 is 14.4 Å². The van der Waals surface area contributed by atoms with Gasteiger partial charge in [0, 0.05) is 10.6 Å². The number of nitrogens with zero attached hydrogens (tertiary/aromatic N) is 1. The molecule has 0 saturated carbocycles. The summed E-state index contributed by atoms with van der Waals surface area (Å²) in [5, 5.41) is 0.677. The highest BCUT2D eigenvalue weighted by Crippen LogP contribution is 2.39. The predicted octanol–water partition coefficient (Wildman–Crippen LogP) is 7.06. The number of allylic oxidation sites excluding steroid dienone is 1. The summed E-state index contributed by atoms with van der Waals surface area (Å²) in [6.07, 6.45) is 4.22. The maximum atomic E-state index is 13.1. The van der Waals surface area contributed by atoms with Crippen molar-refractivity contribution in [1.82, 2.24) is 0 Å². The van der Waals surface area contributed by atoms with Crippen molar-refractivity contribution in [1.29, 1.82) is 0 Å². The first kappa shape index (κ1) is 24.1. The molecule has 1 amide bonds. The third-order valence-corrected chi connectivity index (χ3v) is 6.69. The van der Waals surface area contributed by atoms with Crippen LogP contribution in [-0.4, -0.2) is 17.3 Å². The summed E-state index contributed by atoms with van der Waals surface area (Å²) in [4.78, 5) is 15.2. The van der Waals surface area contributed by atoms with Gasteiger partial charge in [-0.1, -0.05) is 72.0 Å². The van der Waals surface area contributed by atoms with E-state index < -0.39 is 0 Å². The fourth-order valence-corrected chi connectivity index (χ4v) is 4.97. The first-order valence-corrected chi connectivity index (χ1v) is 12.1. The van der Waals surface area contributed by atoms with E-state index >= 15 is 0 Å². The van der Waals surface area contributed by atoms with E-state index in [0.29, 0.717) is 38.8 Å². The number of hydrogen-bond acceptors (Lipinski definition) is 5. The van der Waals surface area contributed by atoms with Crippen molar-refractivity contribution in [3.05, 3.63) is 106 Å². The molecule has 1 saturated heterocycles. The van der Waals surface area contributed by atoms with E-state index in [4.69, 9.17) is 33.3 Å². The first-order valence-electron chi connectivity index (χ1n) is 10.5. The fraction of sp³-hybridized carbons (Fsp3) is 0.111. The third-order valence-electron chi connectivity index (χ3n) is 5.14. The Morgan fingerprint density at radius 3 is 2.53 bits per heavy atom. The molecule has 0 aliphatic carbocycles. The lowest BCUT2D eigenvalue weighted by Crippen LogP contribution is -2.27. The van der Waals surface area contributed by atoms with Crippen LogP contribution in [-0.2, 0) is 17.8 Å². The molecule has 0 radical (unpaired) electrons. The number of hydrogen-bond donors (Lipinski definition) is 0. The van der Waals surface area contributed by atoms with Gasteiger partial charge in [-0.25, -0.2) is 0 Å². The number of amides is 1.